The standard InChI is InChI=1S/C29H34ClN3O4S/c1-2-31-29(34)28(25-6-4-3-5-7-25)33(38(35,36)27-14-12-26(30)13-15-27)17-16-23-8-10-24(11-9-23)22-32-18-20-37-21-19-32/h3-15,28H,2,16-22H2,1H3,(H,31,34). The fraction of sp³-hybridized carbons (Fsp3) is 0.345. The molecule has 202 valence electrons. The van der Waals surface area contributed by atoms with E-state index in [9.17, 15) is 13.2 Å². The molecular formula is C29H34ClN3O4S. The van der Waals surface area contributed by atoms with Crippen LogP contribution in [0.2, 0.25) is 5.02 Å². The lowest BCUT2D eigenvalue weighted by Crippen LogP contribution is -2.44. The molecule has 7 nitrogen and oxygen atoms in total. The van der Waals surface area contributed by atoms with Crippen LogP contribution in [-0.4, -0.2) is 62.9 Å². The van der Waals surface area contributed by atoms with Gasteiger partial charge in [0.1, 0.15) is 6.04 Å². The summed E-state index contributed by atoms with van der Waals surface area (Å²) in [5.74, 6) is -0.364. The fourth-order valence-corrected chi connectivity index (χ4v) is 6.26. The average molecular weight is 556 g/mol. The highest BCUT2D eigenvalue weighted by molar-refractivity contribution is 7.89. The van der Waals surface area contributed by atoms with Crippen LogP contribution in [0.15, 0.2) is 83.8 Å². The lowest BCUT2D eigenvalue weighted by Gasteiger charge is -2.30. The second kappa shape index (κ2) is 13.4. The molecule has 1 N–H and O–H groups in total. The molecule has 0 radical (unpaired) electrons. The van der Waals surface area contributed by atoms with Gasteiger partial charge in [0.2, 0.25) is 15.9 Å². The number of sulfonamides is 1. The summed E-state index contributed by atoms with van der Waals surface area (Å²) in [6.45, 7) is 6.53. The minimum atomic E-state index is -4.03. The van der Waals surface area contributed by atoms with E-state index in [0.717, 1.165) is 38.4 Å². The molecule has 38 heavy (non-hydrogen) atoms. The van der Waals surface area contributed by atoms with E-state index in [4.69, 9.17) is 16.3 Å². The molecule has 1 aliphatic rings. The van der Waals surface area contributed by atoms with Crippen LogP contribution in [0, 0.1) is 0 Å². The maximum absolute atomic E-state index is 14.0. The number of halogens is 1. The second-order valence-electron chi connectivity index (χ2n) is 9.23. The molecule has 1 amide bonds. The number of carbonyl (C=O) groups excluding carboxylic acids is 1. The lowest BCUT2D eigenvalue weighted by atomic mass is 10.0. The number of nitrogens with one attached hydrogen (secondary N) is 1. The van der Waals surface area contributed by atoms with Gasteiger partial charge in [-0.25, -0.2) is 8.42 Å². The van der Waals surface area contributed by atoms with Crippen molar-refractivity contribution in [1.29, 1.82) is 0 Å². The number of nitrogens with zero attached hydrogens (tertiary/aromatic N) is 2. The van der Waals surface area contributed by atoms with E-state index in [1.807, 2.05) is 37.3 Å². The Morgan fingerprint density at radius 3 is 2.24 bits per heavy atom. The summed E-state index contributed by atoms with van der Waals surface area (Å²) in [6, 6.07) is 22.3. The van der Waals surface area contributed by atoms with E-state index in [2.05, 4.69) is 22.3 Å². The predicted octanol–water partition coefficient (Wildman–Crippen LogP) is 4.28. The number of benzene rings is 3. The molecule has 0 aromatic heterocycles. The first-order chi connectivity index (χ1) is 18.4. The van der Waals surface area contributed by atoms with Crippen molar-refractivity contribution < 1.29 is 17.9 Å². The lowest BCUT2D eigenvalue weighted by molar-refractivity contribution is -0.125. The highest BCUT2D eigenvalue weighted by Crippen LogP contribution is 2.29. The summed E-state index contributed by atoms with van der Waals surface area (Å²) in [4.78, 5) is 15.8. The Bertz CT molecular complexity index is 1280. The molecule has 3 aromatic rings. The first-order valence-corrected chi connectivity index (χ1v) is 14.7. The Morgan fingerprint density at radius 2 is 1.61 bits per heavy atom. The van der Waals surface area contributed by atoms with E-state index in [1.165, 1.54) is 22.0 Å². The minimum absolute atomic E-state index is 0.0907. The Balaban J connectivity index is 1.61. The molecule has 0 spiro atoms. The van der Waals surface area contributed by atoms with Crippen LogP contribution in [0.1, 0.15) is 29.7 Å². The van der Waals surface area contributed by atoms with Crippen LogP contribution < -0.4 is 5.32 Å². The Hall–Kier alpha value is -2.75. The van der Waals surface area contributed by atoms with Gasteiger partial charge in [-0.15, -0.1) is 0 Å². The fourth-order valence-electron chi connectivity index (χ4n) is 4.55. The third kappa shape index (κ3) is 7.21. The summed E-state index contributed by atoms with van der Waals surface area (Å²) < 4.78 is 34.6. The van der Waals surface area contributed by atoms with Crippen molar-refractivity contribution >= 4 is 27.5 Å². The summed E-state index contributed by atoms with van der Waals surface area (Å²) in [7, 11) is -4.03. The van der Waals surface area contributed by atoms with Gasteiger partial charge in [-0.3, -0.25) is 9.69 Å². The second-order valence-corrected chi connectivity index (χ2v) is 11.6. The van der Waals surface area contributed by atoms with Gasteiger partial charge < -0.3 is 10.1 Å². The monoisotopic (exact) mass is 555 g/mol. The Labute approximate surface area is 230 Å². The van der Waals surface area contributed by atoms with Crippen molar-refractivity contribution in [1.82, 2.24) is 14.5 Å². The summed E-state index contributed by atoms with van der Waals surface area (Å²) in [5.41, 5.74) is 2.80. The number of hydrogen-bond donors (Lipinski definition) is 1. The third-order valence-electron chi connectivity index (χ3n) is 6.58. The molecule has 0 saturated carbocycles. The van der Waals surface area contributed by atoms with E-state index < -0.39 is 16.1 Å². The van der Waals surface area contributed by atoms with Gasteiger partial charge in [0.25, 0.3) is 0 Å². The Kier molecular flexibility index (Phi) is 9.93. The number of morpholine rings is 1. The van der Waals surface area contributed by atoms with Crippen molar-refractivity contribution in [2.75, 3.05) is 39.4 Å². The van der Waals surface area contributed by atoms with Crippen LogP contribution in [-0.2, 0) is 32.5 Å². The molecular weight excluding hydrogens is 522 g/mol. The van der Waals surface area contributed by atoms with E-state index in [-0.39, 0.29) is 17.3 Å². The highest BCUT2D eigenvalue weighted by Gasteiger charge is 2.36. The number of likely N-dealkylation sites (N-methyl/N-ethyl adjacent to an activating group) is 1. The van der Waals surface area contributed by atoms with E-state index in [0.29, 0.717) is 23.6 Å². The third-order valence-corrected chi connectivity index (χ3v) is 8.71. The molecule has 1 unspecified atom stereocenters. The Morgan fingerprint density at radius 1 is 0.974 bits per heavy atom. The van der Waals surface area contributed by atoms with Crippen molar-refractivity contribution in [2.45, 2.75) is 30.8 Å². The van der Waals surface area contributed by atoms with Crippen LogP contribution in [0.3, 0.4) is 0 Å². The van der Waals surface area contributed by atoms with Gasteiger partial charge in [-0.2, -0.15) is 4.31 Å². The van der Waals surface area contributed by atoms with Crippen molar-refractivity contribution in [3.8, 4) is 0 Å². The quantitative estimate of drug-likeness (QED) is 0.382. The normalized spacial score (nSPS) is 15.3. The SMILES string of the molecule is CCNC(=O)C(c1ccccc1)N(CCc1ccc(CN2CCOCC2)cc1)S(=O)(=O)c1ccc(Cl)cc1. The average Bonchev–Trinajstić information content (AvgIpc) is 2.93. The van der Waals surface area contributed by atoms with Crippen LogP contribution >= 0.6 is 11.6 Å². The van der Waals surface area contributed by atoms with Crippen molar-refractivity contribution in [3.63, 3.8) is 0 Å². The molecule has 1 heterocycles. The predicted molar refractivity (Wildman–Crippen MR) is 149 cm³/mol. The number of hydrogen-bond acceptors (Lipinski definition) is 5. The topological polar surface area (TPSA) is 79.0 Å². The minimum Gasteiger partial charge on any atom is -0.379 e. The zero-order valence-electron chi connectivity index (χ0n) is 21.6. The zero-order valence-corrected chi connectivity index (χ0v) is 23.1. The number of carbonyl (C=O) groups is 1. The molecule has 1 aliphatic heterocycles. The summed E-state index contributed by atoms with van der Waals surface area (Å²) in [5, 5.41) is 3.26. The first-order valence-electron chi connectivity index (χ1n) is 12.9. The molecule has 1 fully saturated rings. The smallest absolute Gasteiger partial charge is 0.244 e. The van der Waals surface area contributed by atoms with Crippen LogP contribution in [0.4, 0.5) is 0 Å². The van der Waals surface area contributed by atoms with Gasteiger partial charge in [0, 0.05) is 37.7 Å². The molecule has 9 heteroatoms. The maximum Gasteiger partial charge on any atom is 0.244 e. The number of rotatable bonds is 11. The van der Waals surface area contributed by atoms with Gasteiger partial charge in [-0.05, 0) is 54.3 Å². The summed E-state index contributed by atoms with van der Waals surface area (Å²) in [6.07, 6.45) is 0.452. The van der Waals surface area contributed by atoms with Crippen LogP contribution in [0.5, 0.6) is 0 Å². The maximum atomic E-state index is 14.0. The van der Waals surface area contributed by atoms with Crippen molar-refractivity contribution in [3.05, 3.63) is 101 Å². The molecule has 0 bridgehead atoms. The van der Waals surface area contributed by atoms with E-state index >= 15 is 0 Å². The molecule has 3 aromatic carbocycles. The number of ether oxygens (including phenoxy) is 1. The first kappa shape index (κ1) is 28.3. The van der Waals surface area contributed by atoms with Gasteiger partial charge in [-0.1, -0.05) is 66.2 Å². The molecule has 1 saturated heterocycles. The zero-order chi connectivity index (χ0) is 27.0. The van der Waals surface area contributed by atoms with Crippen molar-refractivity contribution in [2.24, 2.45) is 0 Å². The molecule has 4 rings (SSSR count). The highest BCUT2D eigenvalue weighted by atomic mass is 35.5. The van der Waals surface area contributed by atoms with Crippen LogP contribution in [0.25, 0.3) is 0 Å². The largest absolute Gasteiger partial charge is 0.379 e. The number of amides is 1. The molecule has 1 atom stereocenters. The van der Waals surface area contributed by atoms with E-state index in [1.54, 1.807) is 24.3 Å². The summed E-state index contributed by atoms with van der Waals surface area (Å²) >= 11 is 6.03. The van der Waals surface area contributed by atoms with Gasteiger partial charge in [0.05, 0.1) is 18.1 Å². The van der Waals surface area contributed by atoms with Gasteiger partial charge >= 0.3 is 0 Å². The molecule has 0 aliphatic carbocycles. The van der Waals surface area contributed by atoms with Gasteiger partial charge in [0.15, 0.2) is 0 Å².